The Morgan fingerprint density at radius 1 is 1.41 bits per heavy atom. The highest BCUT2D eigenvalue weighted by Gasteiger charge is 2.56. The number of carbonyl (C=O) groups excluding carboxylic acids is 4. The maximum absolute atomic E-state index is 12.7. The van der Waals surface area contributed by atoms with Gasteiger partial charge in [-0.1, -0.05) is 0 Å². The fourth-order valence-electron chi connectivity index (χ4n) is 3.01. The fourth-order valence-corrected chi connectivity index (χ4v) is 3.01. The van der Waals surface area contributed by atoms with Crippen LogP contribution < -0.4 is 5.73 Å². The first kappa shape index (κ1) is 15.9. The summed E-state index contributed by atoms with van der Waals surface area (Å²) in [7, 11) is 2.73. The molecule has 0 aromatic carbocycles. The molecule has 0 aromatic rings. The number of amides is 3. The second-order valence-electron chi connectivity index (χ2n) is 5.52. The van der Waals surface area contributed by atoms with E-state index in [1.54, 1.807) is 0 Å². The van der Waals surface area contributed by atoms with E-state index in [1.807, 2.05) is 0 Å². The standard InChI is InChI=1S/C15H18N2O5/c1-8-6-9(22-3)7-15(12(8)19,14(16)21)10-4-5-11(18)17(2)13(10)20/h6-7,10H,4-5H2,1-3H3,(H2,16,21). The zero-order valence-electron chi connectivity index (χ0n) is 12.7. The van der Waals surface area contributed by atoms with Crippen molar-refractivity contribution in [2.24, 2.45) is 17.1 Å². The van der Waals surface area contributed by atoms with E-state index in [4.69, 9.17) is 10.5 Å². The molecule has 7 heteroatoms. The molecule has 2 rings (SSSR count). The average molecular weight is 306 g/mol. The second kappa shape index (κ2) is 5.40. The number of Topliss-reactive ketones (excluding diaryl/α,β-unsaturated/α-hetero) is 1. The number of imide groups is 1. The van der Waals surface area contributed by atoms with Crippen molar-refractivity contribution in [3.05, 3.63) is 23.5 Å². The Balaban J connectivity index is 2.59. The zero-order valence-corrected chi connectivity index (χ0v) is 12.7. The molecule has 1 fully saturated rings. The minimum absolute atomic E-state index is 0.0775. The monoisotopic (exact) mass is 306 g/mol. The van der Waals surface area contributed by atoms with Gasteiger partial charge in [-0.15, -0.1) is 0 Å². The van der Waals surface area contributed by atoms with Crippen molar-refractivity contribution in [3.63, 3.8) is 0 Å². The van der Waals surface area contributed by atoms with Crippen LogP contribution in [0.5, 0.6) is 0 Å². The molecule has 2 unspecified atom stereocenters. The van der Waals surface area contributed by atoms with Crippen molar-refractivity contribution in [3.8, 4) is 0 Å². The van der Waals surface area contributed by atoms with Crippen LogP contribution in [0.25, 0.3) is 0 Å². The van der Waals surface area contributed by atoms with Crippen LogP contribution in [0.2, 0.25) is 0 Å². The van der Waals surface area contributed by atoms with Gasteiger partial charge in [0.05, 0.1) is 13.0 Å². The van der Waals surface area contributed by atoms with Crippen molar-refractivity contribution in [2.75, 3.05) is 14.2 Å². The van der Waals surface area contributed by atoms with Crippen LogP contribution >= 0.6 is 0 Å². The Morgan fingerprint density at radius 3 is 2.59 bits per heavy atom. The number of carbonyl (C=O) groups is 4. The lowest BCUT2D eigenvalue weighted by Crippen LogP contribution is -2.57. The van der Waals surface area contributed by atoms with Crippen LogP contribution in [-0.2, 0) is 23.9 Å². The van der Waals surface area contributed by atoms with E-state index in [1.165, 1.54) is 33.2 Å². The lowest BCUT2D eigenvalue weighted by Gasteiger charge is -2.39. The summed E-state index contributed by atoms with van der Waals surface area (Å²) in [5, 5.41) is 0. The smallest absolute Gasteiger partial charge is 0.236 e. The molecule has 0 saturated carbocycles. The lowest BCUT2D eigenvalue weighted by molar-refractivity contribution is -0.158. The van der Waals surface area contributed by atoms with Crippen molar-refractivity contribution in [1.29, 1.82) is 0 Å². The van der Waals surface area contributed by atoms with Gasteiger partial charge in [0.25, 0.3) is 0 Å². The molecular formula is C15H18N2O5. The van der Waals surface area contributed by atoms with E-state index < -0.39 is 28.9 Å². The highest BCUT2D eigenvalue weighted by atomic mass is 16.5. The Morgan fingerprint density at radius 2 is 2.05 bits per heavy atom. The van der Waals surface area contributed by atoms with Gasteiger partial charge in [0.1, 0.15) is 11.2 Å². The molecular weight excluding hydrogens is 288 g/mol. The molecule has 1 aliphatic carbocycles. The summed E-state index contributed by atoms with van der Waals surface area (Å²) >= 11 is 0. The predicted octanol–water partition coefficient (Wildman–Crippen LogP) is -0.0876. The van der Waals surface area contributed by atoms with E-state index in [9.17, 15) is 19.2 Å². The first-order valence-electron chi connectivity index (χ1n) is 6.86. The van der Waals surface area contributed by atoms with Gasteiger partial charge >= 0.3 is 0 Å². The number of nitrogens with zero attached hydrogens (tertiary/aromatic N) is 1. The van der Waals surface area contributed by atoms with Crippen LogP contribution in [0.1, 0.15) is 19.8 Å². The molecule has 3 amide bonds. The molecule has 7 nitrogen and oxygen atoms in total. The molecule has 1 saturated heterocycles. The number of likely N-dealkylation sites (tertiary alicyclic amines) is 1. The van der Waals surface area contributed by atoms with E-state index in [0.717, 1.165) is 4.90 Å². The normalized spacial score (nSPS) is 29.1. The summed E-state index contributed by atoms with van der Waals surface area (Å²) in [6, 6.07) is 0. The molecule has 1 aliphatic heterocycles. The summed E-state index contributed by atoms with van der Waals surface area (Å²) in [4.78, 5) is 49.8. The summed E-state index contributed by atoms with van der Waals surface area (Å²) in [6.07, 6.45) is 2.97. The lowest BCUT2D eigenvalue weighted by atomic mass is 9.64. The Labute approximate surface area is 127 Å². The Bertz CT molecular complexity index is 634. The van der Waals surface area contributed by atoms with Gasteiger partial charge in [0.2, 0.25) is 17.7 Å². The number of nitrogens with two attached hydrogens (primary N) is 1. The third-order valence-electron chi connectivity index (χ3n) is 4.31. The van der Waals surface area contributed by atoms with Gasteiger partial charge < -0.3 is 10.5 Å². The third-order valence-corrected chi connectivity index (χ3v) is 4.31. The number of methoxy groups -OCH3 is 1. The topological polar surface area (TPSA) is 107 Å². The van der Waals surface area contributed by atoms with Crippen molar-refractivity contribution < 1.29 is 23.9 Å². The minimum atomic E-state index is -1.81. The highest BCUT2D eigenvalue weighted by molar-refractivity contribution is 6.19. The number of ether oxygens (including phenoxy) is 1. The first-order valence-corrected chi connectivity index (χ1v) is 6.86. The number of allylic oxidation sites excluding steroid dienone is 2. The third kappa shape index (κ3) is 2.13. The van der Waals surface area contributed by atoms with Gasteiger partial charge in [0.15, 0.2) is 5.78 Å². The summed E-state index contributed by atoms with van der Waals surface area (Å²) in [6.45, 7) is 1.54. The van der Waals surface area contributed by atoms with E-state index in [0.29, 0.717) is 5.76 Å². The zero-order chi connectivity index (χ0) is 16.7. The summed E-state index contributed by atoms with van der Waals surface area (Å²) < 4.78 is 5.12. The van der Waals surface area contributed by atoms with Gasteiger partial charge in [0, 0.05) is 13.5 Å². The maximum Gasteiger partial charge on any atom is 0.236 e. The Hall–Kier alpha value is -2.44. The van der Waals surface area contributed by atoms with Crippen LogP contribution in [0.4, 0.5) is 0 Å². The highest BCUT2D eigenvalue weighted by Crippen LogP contribution is 2.42. The van der Waals surface area contributed by atoms with Gasteiger partial charge in [-0.25, -0.2) is 0 Å². The van der Waals surface area contributed by atoms with Gasteiger partial charge in [-0.05, 0) is 31.1 Å². The molecule has 2 N–H and O–H groups in total. The molecule has 2 atom stereocenters. The predicted molar refractivity (Wildman–Crippen MR) is 76.0 cm³/mol. The first-order chi connectivity index (χ1) is 10.3. The number of ketones is 1. The number of primary amides is 1. The quantitative estimate of drug-likeness (QED) is 0.579. The van der Waals surface area contributed by atoms with Gasteiger partial charge in [-0.2, -0.15) is 0 Å². The summed E-state index contributed by atoms with van der Waals surface area (Å²) in [5.41, 5.74) is 3.98. The molecule has 0 aromatic heterocycles. The summed E-state index contributed by atoms with van der Waals surface area (Å²) in [5.74, 6) is -3.07. The molecule has 118 valence electrons. The number of hydrogen-bond donors (Lipinski definition) is 1. The number of piperidine rings is 1. The Kier molecular flexibility index (Phi) is 3.91. The molecule has 22 heavy (non-hydrogen) atoms. The SMILES string of the molecule is COC1=CC(C(N)=O)(C2CCC(=O)N(C)C2=O)C(=O)C(C)=C1. The minimum Gasteiger partial charge on any atom is -0.497 e. The molecule has 0 radical (unpaired) electrons. The van der Waals surface area contributed by atoms with E-state index in [2.05, 4.69) is 0 Å². The fraction of sp³-hybridized carbons (Fsp3) is 0.467. The largest absolute Gasteiger partial charge is 0.497 e. The van der Waals surface area contributed by atoms with E-state index >= 15 is 0 Å². The average Bonchev–Trinajstić information content (AvgIpc) is 2.48. The molecule has 0 spiro atoms. The molecule has 0 bridgehead atoms. The van der Waals surface area contributed by atoms with Crippen LogP contribution in [0.15, 0.2) is 23.5 Å². The van der Waals surface area contributed by atoms with Crippen LogP contribution in [0, 0.1) is 11.3 Å². The number of hydrogen-bond acceptors (Lipinski definition) is 5. The van der Waals surface area contributed by atoms with Crippen LogP contribution in [0.3, 0.4) is 0 Å². The van der Waals surface area contributed by atoms with Crippen LogP contribution in [-0.4, -0.2) is 42.6 Å². The number of rotatable bonds is 3. The molecule has 2 aliphatic rings. The van der Waals surface area contributed by atoms with Crippen molar-refractivity contribution in [1.82, 2.24) is 4.90 Å². The van der Waals surface area contributed by atoms with E-state index in [-0.39, 0.29) is 24.3 Å². The maximum atomic E-state index is 12.7. The molecule has 1 heterocycles. The van der Waals surface area contributed by atoms with Gasteiger partial charge in [-0.3, -0.25) is 24.1 Å². The second-order valence-corrected chi connectivity index (χ2v) is 5.52. The van der Waals surface area contributed by atoms with Crippen molar-refractivity contribution >= 4 is 23.5 Å². The van der Waals surface area contributed by atoms with Crippen molar-refractivity contribution in [2.45, 2.75) is 19.8 Å².